The summed E-state index contributed by atoms with van der Waals surface area (Å²) in [6.45, 7) is 0. The maximum Gasteiger partial charge on any atom is 0.374 e. The van der Waals surface area contributed by atoms with E-state index in [0.717, 1.165) is 10.6 Å². The number of carboxylic acid groups (broad SMARTS) is 1. The SMILES string of the molecule is O=C(O)c1nnc2scc(-c3cccs3)n12. The lowest BCUT2D eigenvalue weighted by Gasteiger charge is -1.95. The number of aromatic nitrogens is 3. The Morgan fingerprint density at radius 1 is 1.38 bits per heavy atom. The van der Waals surface area contributed by atoms with Gasteiger partial charge in [0.05, 0.1) is 10.6 Å². The zero-order valence-corrected chi connectivity index (χ0v) is 9.46. The lowest BCUT2D eigenvalue weighted by Crippen LogP contribution is -2.03. The summed E-state index contributed by atoms with van der Waals surface area (Å²) in [5.41, 5.74) is 0.831. The highest BCUT2D eigenvalue weighted by atomic mass is 32.1. The van der Waals surface area contributed by atoms with Gasteiger partial charge in [-0.1, -0.05) is 6.07 Å². The normalized spacial score (nSPS) is 11.0. The van der Waals surface area contributed by atoms with E-state index in [-0.39, 0.29) is 5.82 Å². The molecule has 0 atom stereocenters. The Labute approximate surface area is 97.6 Å². The lowest BCUT2D eigenvalue weighted by atomic mass is 10.4. The number of carboxylic acids is 1. The summed E-state index contributed by atoms with van der Waals surface area (Å²) in [6.07, 6.45) is 0. The average molecular weight is 251 g/mol. The monoisotopic (exact) mass is 251 g/mol. The molecule has 0 fully saturated rings. The van der Waals surface area contributed by atoms with Crippen molar-refractivity contribution in [3.8, 4) is 10.6 Å². The molecule has 5 nitrogen and oxygen atoms in total. The zero-order chi connectivity index (χ0) is 11.1. The average Bonchev–Trinajstić information content (AvgIpc) is 2.93. The van der Waals surface area contributed by atoms with E-state index in [1.807, 2.05) is 22.9 Å². The Balaban J connectivity index is 2.33. The van der Waals surface area contributed by atoms with Crippen molar-refractivity contribution in [2.24, 2.45) is 0 Å². The first-order valence-corrected chi connectivity index (χ1v) is 6.13. The highest BCUT2D eigenvalue weighted by Crippen LogP contribution is 2.29. The Morgan fingerprint density at radius 3 is 2.94 bits per heavy atom. The van der Waals surface area contributed by atoms with Crippen LogP contribution in [-0.4, -0.2) is 25.7 Å². The van der Waals surface area contributed by atoms with Gasteiger partial charge in [-0.05, 0) is 11.4 Å². The molecule has 0 spiro atoms. The van der Waals surface area contributed by atoms with Crippen molar-refractivity contribution in [2.75, 3.05) is 0 Å². The molecule has 0 saturated heterocycles. The summed E-state index contributed by atoms with van der Waals surface area (Å²) in [5, 5.41) is 20.3. The predicted molar refractivity (Wildman–Crippen MR) is 61.1 cm³/mol. The maximum absolute atomic E-state index is 11.0. The largest absolute Gasteiger partial charge is 0.475 e. The molecule has 0 aliphatic heterocycles. The van der Waals surface area contributed by atoms with Gasteiger partial charge in [0.25, 0.3) is 0 Å². The number of nitrogens with zero attached hydrogens (tertiary/aromatic N) is 3. The van der Waals surface area contributed by atoms with Crippen LogP contribution in [0.1, 0.15) is 10.6 Å². The second-order valence-electron chi connectivity index (χ2n) is 3.04. The Morgan fingerprint density at radius 2 is 2.25 bits per heavy atom. The van der Waals surface area contributed by atoms with Crippen LogP contribution in [0.5, 0.6) is 0 Å². The molecule has 0 bridgehead atoms. The quantitative estimate of drug-likeness (QED) is 0.758. The number of fused-ring (bicyclic) bond motifs is 1. The molecule has 3 heterocycles. The minimum absolute atomic E-state index is 0.0420. The summed E-state index contributed by atoms with van der Waals surface area (Å²) in [6, 6.07) is 3.87. The van der Waals surface area contributed by atoms with E-state index >= 15 is 0 Å². The van der Waals surface area contributed by atoms with Crippen LogP contribution in [0.15, 0.2) is 22.9 Å². The first-order chi connectivity index (χ1) is 7.77. The van der Waals surface area contributed by atoms with E-state index in [1.165, 1.54) is 11.3 Å². The van der Waals surface area contributed by atoms with Crippen LogP contribution in [0.25, 0.3) is 15.5 Å². The van der Waals surface area contributed by atoms with E-state index < -0.39 is 5.97 Å². The van der Waals surface area contributed by atoms with Crippen molar-refractivity contribution in [1.29, 1.82) is 0 Å². The van der Waals surface area contributed by atoms with Crippen molar-refractivity contribution in [3.05, 3.63) is 28.7 Å². The maximum atomic E-state index is 11.0. The van der Waals surface area contributed by atoms with Gasteiger partial charge >= 0.3 is 5.97 Å². The molecule has 3 aromatic rings. The fraction of sp³-hybridized carbons (Fsp3) is 0. The topological polar surface area (TPSA) is 67.5 Å². The molecule has 0 aromatic carbocycles. The molecule has 0 aliphatic carbocycles. The van der Waals surface area contributed by atoms with Gasteiger partial charge in [0.15, 0.2) is 0 Å². The van der Waals surface area contributed by atoms with Crippen molar-refractivity contribution >= 4 is 33.6 Å². The van der Waals surface area contributed by atoms with Gasteiger partial charge in [0.2, 0.25) is 10.8 Å². The van der Waals surface area contributed by atoms with Crippen LogP contribution in [0, 0.1) is 0 Å². The summed E-state index contributed by atoms with van der Waals surface area (Å²) >= 11 is 2.94. The van der Waals surface area contributed by atoms with Crippen molar-refractivity contribution in [1.82, 2.24) is 14.6 Å². The van der Waals surface area contributed by atoms with E-state index in [2.05, 4.69) is 10.2 Å². The zero-order valence-electron chi connectivity index (χ0n) is 7.82. The summed E-state index contributed by atoms with van der Waals surface area (Å²) < 4.78 is 1.57. The Bertz CT molecular complexity index is 653. The molecule has 0 amide bonds. The van der Waals surface area contributed by atoms with E-state index in [4.69, 9.17) is 5.11 Å². The van der Waals surface area contributed by atoms with Gasteiger partial charge in [0.1, 0.15) is 0 Å². The Kier molecular flexibility index (Phi) is 2.01. The first-order valence-electron chi connectivity index (χ1n) is 4.37. The molecule has 1 N–H and O–H groups in total. The van der Waals surface area contributed by atoms with Gasteiger partial charge in [-0.25, -0.2) is 4.79 Å². The molecular formula is C9H5N3O2S2. The van der Waals surface area contributed by atoms with Crippen molar-refractivity contribution in [3.63, 3.8) is 0 Å². The molecule has 7 heteroatoms. The summed E-state index contributed by atoms with van der Waals surface area (Å²) in [4.78, 5) is 12.6. The Hall–Kier alpha value is -1.73. The van der Waals surface area contributed by atoms with Crippen LogP contribution in [0.4, 0.5) is 0 Å². The minimum atomic E-state index is -1.07. The van der Waals surface area contributed by atoms with Gasteiger partial charge in [-0.2, -0.15) is 0 Å². The summed E-state index contributed by atoms with van der Waals surface area (Å²) in [5.74, 6) is -1.11. The highest BCUT2D eigenvalue weighted by Gasteiger charge is 2.18. The second kappa shape index (κ2) is 3.39. The van der Waals surface area contributed by atoms with Gasteiger partial charge in [0, 0.05) is 5.38 Å². The number of hydrogen-bond acceptors (Lipinski definition) is 5. The molecular weight excluding hydrogens is 246 g/mol. The van der Waals surface area contributed by atoms with Gasteiger partial charge in [-0.3, -0.25) is 4.40 Å². The predicted octanol–water partition coefficient (Wildman–Crippen LogP) is 2.22. The smallest absolute Gasteiger partial charge is 0.374 e. The molecule has 0 radical (unpaired) electrons. The third-order valence-electron chi connectivity index (χ3n) is 2.12. The molecule has 80 valence electrons. The molecule has 0 saturated carbocycles. The molecule has 0 aliphatic rings. The van der Waals surface area contributed by atoms with E-state index in [1.54, 1.807) is 15.7 Å². The third-order valence-corrected chi connectivity index (χ3v) is 3.82. The summed E-state index contributed by atoms with van der Waals surface area (Å²) in [7, 11) is 0. The number of thiophene rings is 1. The van der Waals surface area contributed by atoms with E-state index in [9.17, 15) is 4.79 Å². The molecule has 3 aromatic heterocycles. The van der Waals surface area contributed by atoms with Crippen LogP contribution in [0.3, 0.4) is 0 Å². The van der Waals surface area contributed by atoms with Crippen LogP contribution in [0.2, 0.25) is 0 Å². The van der Waals surface area contributed by atoms with Gasteiger partial charge < -0.3 is 5.11 Å². The number of rotatable bonds is 2. The van der Waals surface area contributed by atoms with E-state index in [0.29, 0.717) is 4.96 Å². The standard InChI is InChI=1S/C9H5N3O2S2/c13-8(14)7-10-11-9-12(7)5(4-16-9)6-2-1-3-15-6/h1-4H,(H,13,14). The second-order valence-corrected chi connectivity index (χ2v) is 4.83. The number of thiazole rings is 1. The minimum Gasteiger partial charge on any atom is -0.475 e. The van der Waals surface area contributed by atoms with Crippen LogP contribution in [-0.2, 0) is 0 Å². The highest BCUT2D eigenvalue weighted by molar-refractivity contribution is 7.16. The fourth-order valence-corrected chi connectivity index (χ4v) is 3.09. The number of hydrogen-bond donors (Lipinski definition) is 1. The number of carbonyl (C=O) groups is 1. The molecule has 3 rings (SSSR count). The van der Waals surface area contributed by atoms with Crippen LogP contribution >= 0.6 is 22.7 Å². The lowest BCUT2D eigenvalue weighted by molar-refractivity contribution is 0.0682. The van der Waals surface area contributed by atoms with Crippen molar-refractivity contribution in [2.45, 2.75) is 0 Å². The number of aromatic carboxylic acids is 1. The molecule has 16 heavy (non-hydrogen) atoms. The van der Waals surface area contributed by atoms with Gasteiger partial charge in [-0.15, -0.1) is 32.9 Å². The van der Waals surface area contributed by atoms with Crippen LogP contribution < -0.4 is 0 Å². The first kappa shape index (κ1) is 9.49. The van der Waals surface area contributed by atoms with Crippen molar-refractivity contribution < 1.29 is 9.90 Å². The molecule has 0 unspecified atom stereocenters. The third kappa shape index (κ3) is 1.25. The fourth-order valence-electron chi connectivity index (χ4n) is 1.46.